The number of benzene rings is 2. The molecule has 0 saturated heterocycles. The van der Waals surface area contributed by atoms with Gasteiger partial charge in [-0.25, -0.2) is 9.37 Å². The summed E-state index contributed by atoms with van der Waals surface area (Å²) in [4.78, 5) is 25.5. The van der Waals surface area contributed by atoms with Crippen LogP contribution in [-0.2, 0) is 11.3 Å². The van der Waals surface area contributed by atoms with Crippen LogP contribution in [0.15, 0.2) is 60.8 Å². The summed E-state index contributed by atoms with van der Waals surface area (Å²) >= 11 is 0. The summed E-state index contributed by atoms with van der Waals surface area (Å²) in [6.07, 6.45) is 4.59. The van der Waals surface area contributed by atoms with Gasteiger partial charge >= 0.3 is 0 Å². The average Bonchev–Trinajstić information content (AvgIpc) is 3.48. The number of halogens is 1. The number of H-pyrrole nitrogens is 1. The zero-order valence-electron chi connectivity index (χ0n) is 16.2. The van der Waals surface area contributed by atoms with Crippen LogP contribution in [0.4, 0.5) is 16.0 Å². The van der Waals surface area contributed by atoms with Crippen molar-refractivity contribution >= 4 is 29.1 Å². The van der Waals surface area contributed by atoms with Gasteiger partial charge in [0, 0.05) is 35.4 Å². The van der Waals surface area contributed by atoms with Crippen LogP contribution < -0.4 is 10.2 Å². The molecule has 1 aliphatic rings. The number of anilines is 2. The SMILES string of the molecule is O=CN(c1nc(-c2ccc(NCc3cccc(F)c3)cc2)c2cc[nH]c2n1)C1CC1. The Bertz CT molecular complexity index is 1200. The number of aromatic nitrogens is 3. The minimum absolute atomic E-state index is 0.192. The highest BCUT2D eigenvalue weighted by atomic mass is 19.1. The van der Waals surface area contributed by atoms with Crippen molar-refractivity contribution in [3.8, 4) is 11.3 Å². The Labute approximate surface area is 172 Å². The second-order valence-corrected chi connectivity index (χ2v) is 7.42. The number of hydrogen-bond donors (Lipinski definition) is 2. The second kappa shape index (κ2) is 7.59. The van der Waals surface area contributed by atoms with Gasteiger partial charge in [-0.2, -0.15) is 4.98 Å². The van der Waals surface area contributed by atoms with E-state index in [4.69, 9.17) is 4.98 Å². The van der Waals surface area contributed by atoms with Crippen molar-refractivity contribution in [2.75, 3.05) is 10.2 Å². The Morgan fingerprint density at radius 1 is 1.13 bits per heavy atom. The molecule has 0 aliphatic heterocycles. The average molecular weight is 401 g/mol. The molecule has 150 valence electrons. The van der Waals surface area contributed by atoms with Crippen molar-refractivity contribution in [3.05, 3.63) is 72.2 Å². The van der Waals surface area contributed by atoms with Gasteiger partial charge in [-0.05, 0) is 48.7 Å². The molecule has 2 aromatic heterocycles. The van der Waals surface area contributed by atoms with Crippen molar-refractivity contribution in [1.82, 2.24) is 15.0 Å². The van der Waals surface area contributed by atoms with Gasteiger partial charge in [0.05, 0.1) is 5.69 Å². The molecule has 1 fully saturated rings. The smallest absolute Gasteiger partial charge is 0.234 e. The number of carbonyl (C=O) groups excluding carboxylic acids is 1. The minimum atomic E-state index is -0.240. The lowest BCUT2D eigenvalue weighted by Gasteiger charge is -2.16. The summed E-state index contributed by atoms with van der Waals surface area (Å²) in [5.74, 6) is 0.182. The molecule has 0 atom stereocenters. The molecule has 30 heavy (non-hydrogen) atoms. The lowest BCUT2D eigenvalue weighted by Crippen LogP contribution is -2.25. The van der Waals surface area contributed by atoms with E-state index in [0.29, 0.717) is 18.1 Å². The van der Waals surface area contributed by atoms with Crippen LogP contribution >= 0.6 is 0 Å². The van der Waals surface area contributed by atoms with Gasteiger partial charge in [0.25, 0.3) is 0 Å². The van der Waals surface area contributed by atoms with Crippen LogP contribution in [0.5, 0.6) is 0 Å². The lowest BCUT2D eigenvalue weighted by molar-refractivity contribution is -0.107. The van der Waals surface area contributed by atoms with Crippen molar-refractivity contribution < 1.29 is 9.18 Å². The van der Waals surface area contributed by atoms with Crippen LogP contribution in [-0.4, -0.2) is 27.4 Å². The highest BCUT2D eigenvalue weighted by Crippen LogP contribution is 2.32. The molecule has 0 radical (unpaired) electrons. The van der Waals surface area contributed by atoms with Gasteiger partial charge in [-0.15, -0.1) is 0 Å². The van der Waals surface area contributed by atoms with Gasteiger partial charge in [0.2, 0.25) is 12.4 Å². The molecule has 1 saturated carbocycles. The number of carbonyl (C=O) groups is 1. The summed E-state index contributed by atoms with van der Waals surface area (Å²) < 4.78 is 13.3. The molecule has 0 spiro atoms. The second-order valence-electron chi connectivity index (χ2n) is 7.42. The van der Waals surface area contributed by atoms with Crippen LogP contribution in [0.25, 0.3) is 22.3 Å². The fourth-order valence-corrected chi connectivity index (χ4v) is 3.51. The normalized spacial score (nSPS) is 13.4. The monoisotopic (exact) mass is 401 g/mol. The number of aromatic amines is 1. The highest BCUT2D eigenvalue weighted by Gasteiger charge is 2.31. The molecule has 5 rings (SSSR count). The van der Waals surface area contributed by atoms with E-state index < -0.39 is 0 Å². The van der Waals surface area contributed by atoms with Gasteiger partial charge in [-0.1, -0.05) is 24.3 Å². The van der Waals surface area contributed by atoms with E-state index in [1.54, 1.807) is 11.0 Å². The Balaban J connectivity index is 1.42. The summed E-state index contributed by atoms with van der Waals surface area (Å²) in [6, 6.07) is 16.6. The van der Waals surface area contributed by atoms with E-state index in [-0.39, 0.29) is 11.9 Å². The number of rotatable bonds is 7. The zero-order chi connectivity index (χ0) is 20.5. The molecule has 0 bridgehead atoms. The van der Waals surface area contributed by atoms with Crippen molar-refractivity contribution in [2.45, 2.75) is 25.4 Å². The topological polar surface area (TPSA) is 73.9 Å². The van der Waals surface area contributed by atoms with Crippen molar-refractivity contribution in [3.63, 3.8) is 0 Å². The van der Waals surface area contributed by atoms with Gasteiger partial charge in [0.1, 0.15) is 11.5 Å². The van der Waals surface area contributed by atoms with Crippen LogP contribution in [0.1, 0.15) is 18.4 Å². The van der Waals surface area contributed by atoms with Gasteiger partial charge < -0.3 is 10.3 Å². The van der Waals surface area contributed by atoms with E-state index in [0.717, 1.165) is 47.1 Å². The standard InChI is InChI=1S/C23H20FN5O/c24-17-3-1-2-15(12-17)13-26-18-6-4-16(5-7-18)21-20-10-11-25-22(20)28-23(27-21)29(14-30)19-8-9-19/h1-7,10-12,14,19,26H,8-9,13H2,(H,25,27,28). The molecule has 2 heterocycles. The molecule has 2 N–H and O–H groups in total. The Morgan fingerprint density at radius 2 is 1.97 bits per heavy atom. The lowest BCUT2D eigenvalue weighted by atomic mass is 10.1. The van der Waals surface area contributed by atoms with E-state index in [1.165, 1.54) is 12.1 Å². The number of hydrogen-bond acceptors (Lipinski definition) is 4. The summed E-state index contributed by atoms with van der Waals surface area (Å²) in [6.45, 7) is 0.534. The Kier molecular flexibility index (Phi) is 4.63. The molecule has 4 aromatic rings. The van der Waals surface area contributed by atoms with Crippen LogP contribution in [0, 0.1) is 5.82 Å². The maximum atomic E-state index is 13.3. The molecule has 7 heteroatoms. The minimum Gasteiger partial charge on any atom is -0.381 e. The predicted octanol–water partition coefficient (Wildman–Crippen LogP) is 4.50. The first kappa shape index (κ1) is 18.3. The van der Waals surface area contributed by atoms with Gasteiger partial charge in [0.15, 0.2) is 0 Å². The molecular weight excluding hydrogens is 381 g/mol. The first-order chi connectivity index (χ1) is 14.7. The molecular formula is C23H20FN5O. The Morgan fingerprint density at radius 3 is 2.70 bits per heavy atom. The van der Waals surface area contributed by atoms with E-state index in [1.807, 2.05) is 42.6 Å². The third-order valence-corrected chi connectivity index (χ3v) is 5.23. The fourth-order valence-electron chi connectivity index (χ4n) is 3.51. The first-order valence-electron chi connectivity index (χ1n) is 9.89. The third-order valence-electron chi connectivity index (χ3n) is 5.23. The maximum Gasteiger partial charge on any atom is 0.234 e. The van der Waals surface area contributed by atoms with E-state index in [2.05, 4.69) is 15.3 Å². The van der Waals surface area contributed by atoms with E-state index in [9.17, 15) is 9.18 Å². The summed E-state index contributed by atoms with van der Waals surface area (Å²) in [5.41, 5.74) is 4.22. The first-order valence-corrected chi connectivity index (χ1v) is 9.89. The summed E-state index contributed by atoms with van der Waals surface area (Å²) in [7, 11) is 0. The Hall–Kier alpha value is -3.74. The molecule has 0 unspecified atom stereocenters. The van der Waals surface area contributed by atoms with Crippen LogP contribution in [0.3, 0.4) is 0 Å². The van der Waals surface area contributed by atoms with Crippen LogP contribution in [0.2, 0.25) is 0 Å². The van der Waals surface area contributed by atoms with E-state index >= 15 is 0 Å². The number of nitrogens with one attached hydrogen (secondary N) is 2. The molecule has 2 aromatic carbocycles. The van der Waals surface area contributed by atoms with Crippen molar-refractivity contribution in [2.24, 2.45) is 0 Å². The highest BCUT2D eigenvalue weighted by molar-refractivity contribution is 5.92. The van der Waals surface area contributed by atoms with Gasteiger partial charge in [-0.3, -0.25) is 9.69 Å². The fraction of sp³-hybridized carbons (Fsp3) is 0.174. The molecule has 1 aliphatic carbocycles. The van der Waals surface area contributed by atoms with Crippen molar-refractivity contribution in [1.29, 1.82) is 0 Å². The number of amides is 1. The number of nitrogens with zero attached hydrogens (tertiary/aromatic N) is 3. The third kappa shape index (κ3) is 3.61. The summed E-state index contributed by atoms with van der Waals surface area (Å²) in [5, 5.41) is 4.20. The maximum absolute atomic E-state index is 13.3. The number of fused-ring (bicyclic) bond motifs is 1. The largest absolute Gasteiger partial charge is 0.381 e. The predicted molar refractivity (Wildman–Crippen MR) is 115 cm³/mol. The molecule has 1 amide bonds. The quantitative estimate of drug-likeness (QED) is 0.447. The molecule has 6 nitrogen and oxygen atoms in total. The zero-order valence-corrected chi connectivity index (χ0v) is 16.2.